The Morgan fingerprint density at radius 3 is 2.48 bits per heavy atom. The van der Waals surface area contributed by atoms with E-state index >= 15 is 0 Å². The number of nitrogens with zero attached hydrogens (tertiary/aromatic N) is 3. The molecule has 4 aromatic rings. The topological polar surface area (TPSA) is 102 Å². The SMILES string of the molecule is CCOc1cc(C2C(=C(O)c3ccc(C)cc3)C(=O)C(=O)N2c2nnc(SCc3ccc(Cl)cc3Cl)s2)ccc1OCCC(C)C. The second-order valence-electron chi connectivity index (χ2n) is 11.1. The zero-order chi connectivity index (χ0) is 33.0. The number of aliphatic hydroxyl groups excluding tert-OH is 1. The first kappa shape index (κ1) is 33.8. The largest absolute Gasteiger partial charge is 0.507 e. The Morgan fingerprint density at radius 2 is 1.78 bits per heavy atom. The molecule has 0 saturated carbocycles. The Balaban J connectivity index is 1.55. The number of Topliss-reactive ketones (excluding diaryl/α,β-unsaturated/α-hetero) is 1. The molecule has 12 heteroatoms. The lowest BCUT2D eigenvalue weighted by molar-refractivity contribution is -0.132. The van der Waals surface area contributed by atoms with Crippen LogP contribution in [-0.2, 0) is 15.3 Å². The van der Waals surface area contributed by atoms with Crippen LogP contribution in [0.1, 0.15) is 55.5 Å². The first-order valence-electron chi connectivity index (χ1n) is 14.7. The molecule has 1 aliphatic rings. The number of aliphatic hydroxyl groups is 1. The number of hydrogen-bond donors (Lipinski definition) is 1. The van der Waals surface area contributed by atoms with Crippen LogP contribution in [0.3, 0.4) is 0 Å². The van der Waals surface area contributed by atoms with Crippen molar-refractivity contribution in [3.8, 4) is 11.5 Å². The van der Waals surface area contributed by atoms with Gasteiger partial charge in [-0.15, -0.1) is 10.2 Å². The van der Waals surface area contributed by atoms with E-state index in [2.05, 4.69) is 24.0 Å². The number of benzene rings is 3. The number of amides is 1. The average Bonchev–Trinajstić information content (AvgIpc) is 3.59. The maximum atomic E-state index is 13.7. The molecule has 1 aromatic heterocycles. The fourth-order valence-corrected chi connectivity index (χ4v) is 7.26. The van der Waals surface area contributed by atoms with E-state index in [0.29, 0.717) is 61.9 Å². The van der Waals surface area contributed by atoms with Crippen molar-refractivity contribution in [2.45, 2.75) is 50.3 Å². The fraction of sp³-hybridized carbons (Fsp3) is 0.294. The van der Waals surface area contributed by atoms with Crippen molar-refractivity contribution >= 4 is 68.9 Å². The summed E-state index contributed by atoms with van der Waals surface area (Å²) < 4.78 is 12.5. The van der Waals surface area contributed by atoms with Crippen LogP contribution in [0.15, 0.2) is 70.6 Å². The van der Waals surface area contributed by atoms with Gasteiger partial charge < -0.3 is 14.6 Å². The second-order valence-corrected chi connectivity index (χ2v) is 14.1. The third kappa shape index (κ3) is 7.52. The zero-order valence-corrected chi connectivity index (χ0v) is 28.9. The number of anilines is 1. The summed E-state index contributed by atoms with van der Waals surface area (Å²) in [5, 5.41) is 21.4. The Morgan fingerprint density at radius 1 is 1.02 bits per heavy atom. The van der Waals surface area contributed by atoms with Gasteiger partial charge in [0.05, 0.1) is 24.8 Å². The highest BCUT2D eigenvalue weighted by Gasteiger charge is 2.48. The van der Waals surface area contributed by atoms with E-state index in [-0.39, 0.29) is 16.5 Å². The van der Waals surface area contributed by atoms with E-state index in [4.69, 9.17) is 32.7 Å². The Hall–Kier alpha value is -3.57. The minimum atomic E-state index is -0.998. The highest BCUT2D eigenvalue weighted by Crippen LogP contribution is 2.46. The van der Waals surface area contributed by atoms with Crippen LogP contribution in [0.25, 0.3) is 5.76 Å². The van der Waals surface area contributed by atoms with Crippen molar-refractivity contribution in [3.05, 3.63) is 98.5 Å². The summed E-state index contributed by atoms with van der Waals surface area (Å²) in [5.74, 6) is 0.0660. The molecule has 240 valence electrons. The highest BCUT2D eigenvalue weighted by molar-refractivity contribution is 8.00. The van der Waals surface area contributed by atoms with Crippen molar-refractivity contribution < 1.29 is 24.2 Å². The maximum Gasteiger partial charge on any atom is 0.301 e. The van der Waals surface area contributed by atoms with Crippen LogP contribution in [0.5, 0.6) is 11.5 Å². The van der Waals surface area contributed by atoms with Gasteiger partial charge in [-0.05, 0) is 61.6 Å². The van der Waals surface area contributed by atoms with Gasteiger partial charge in [0.15, 0.2) is 15.8 Å². The summed E-state index contributed by atoms with van der Waals surface area (Å²) in [6, 6.07) is 16.7. The van der Waals surface area contributed by atoms with Crippen molar-refractivity contribution in [2.75, 3.05) is 18.1 Å². The predicted octanol–water partition coefficient (Wildman–Crippen LogP) is 8.90. The first-order chi connectivity index (χ1) is 22.1. The number of ether oxygens (including phenoxy) is 2. The van der Waals surface area contributed by atoms with Gasteiger partial charge in [0.1, 0.15) is 5.76 Å². The standard InChI is InChI=1S/C34H33Cl2N3O5S2/c1-5-43-27-16-22(11-13-26(27)44-15-14-19(2)3)29-28(30(40)21-8-6-20(4)7-9-21)31(41)32(42)39(29)33-37-38-34(46-33)45-18-23-10-12-24(35)17-25(23)36/h6-13,16-17,19,29,40H,5,14-15,18H2,1-4H3. The molecule has 1 fully saturated rings. The van der Waals surface area contributed by atoms with Crippen LogP contribution in [0.4, 0.5) is 5.13 Å². The van der Waals surface area contributed by atoms with Crippen molar-refractivity contribution in [3.63, 3.8) is 0 Å². The van der Waals surface area contributed by atoms with E-state index in [1.807, 2.05) is 32.0 Å². The molecule has 46 heavy (non-hydrogen) atoms. The highest BCUT2D eigenvalue weighted by atomic mass is 35.5. The number of aromatic nitrogens is 2. The van der Waals surface area contributed by atoms with E-state index in [0.717, 1.165) is 17.5 Å². The third-order valence-corrected chi connectivity index (χ3v) is 9.97. The van der Waals surface area contributed by atoms with Crippen LogP contribution in [0.2, 0.25) is 10.0 Å². The molecule has 0 aliphatic carbocycles. The molecule has 0 bridgehead atoms. The summed E-state index contributed by atoms with van der Waals surface area (Å²) in [5.41, 5.74) is 2.76. The molecule has 2 heterocycles. The molecule has 3 aromatic carbocycles. The number of ketones is 1. The molecule has 1 aliphatic heterocycles. The lowest BCUT2D eigenvalue weighted by Crippen LogP contribution is -2.29. The van der Waals surface area contributed by atoms with Gasteiger partial charge >= 0.3 is 5.91 Å². The normalized spacial score (nSPS) is 16.0. The first-order valence-corrected chi connectivity index (χ1v) is 17.3. The van der Waals surface area contributed by atoms with Gasteiger partial charge in [0.25, 0.3) is 5.78 Å². The summed E-state index contributed by atoms with van der Waals surface area (Å²) in [6.07, 6.45) is 0.867. The number of carbonyl (C=O) groups excluding carboxylic acids is 2. The number of halogens is 2. The lowest BCUT2D eigenvalue weighted by atomic mass is 9.95. The van der Waals surface area contributed by atoms with Gasteiger partial charge in [0, 0.05) is 21.4 Å². The monoisotopic (exact) mass is 697 g/mol. The van der Waals surface area contributed by atoms with Crippen molar-refractivity contribution in [1.82, 2.24) is 10.2 Å². The van der Waals surface area contributed by atoms with Crippen LogP contribution >= 0.6 is 46.3 Å². The van der Waals surface area contributed by atoms with E-state index in [1.165, 1.54) is 28.0 Å². The van der Waals surface area contributed by atoms with E-state index in [1.54, 1.807) is 42.5 Å². The smallest absolute Gasteiger partial charge is 0.301 e. The fourth-order valence-electron chi connectivity index (χ4n) is 4.84. The minimum Gasteiger partial charge on any atom is -0.507 e. The number of thioether (sulfide) groups is 1. The third-order valence-electron chi connectivity index (χ3n) is 7.27. The molecule has 1 atom stereocenters. The number of rotatable bonds is 12. The van der Waals surface area contributed by atoms with Gasteiger partial charge in [-0.2, -0.15) is 0 Å². The van der Waals surface area contributed by atoms with E-state index < -0.39 is 17.7 Å². The summed E-state index contributed by atoms with van der Waals surface area (Å²) >= 11 is 15.0. The van der Waals surface area contributed by atoms with Gasteiger partial charge in [0.2, 0.25) is 5.13 Å². The van der Waals surface area contributed by atoms with Gasteiger partial charge in [-0.3, -0.25) is 14.5 Å². The van der Waals surface area contributed by atoms with Gasteiger partial charge in [-0.1, -0.05) is 102 Å². The van der Waals surface area contributed by atoms with Crippen LogP contribution < -0.4 is 14.4 Å². The molecule has 5 rings (SSSR count). The molecule has 1 saturated heterocycles. The molecule has 0 spiro atoms. The number of carbonyl (C=O) groups is 2. The molecule has 1 amide bonds. The predicted molar refractivity (Wildman–Crippen MR) is 184 cm³/mol. The van der Waals surface area contributed by atoms with Crippen LogP contribution in [0, 0.1) is 12.8 Å². The van der Waals surface area contributed by atoms with E-state index in [9.17, 15) is 14.7 Å². The Bertz CT molecular complexity index is 1770. The number of aryl methyl sites for hydroxylation is 1. The molecular weight excluding hydrogens is 665 g/mol. The second kappa shape index (κ2) is 14.9. The summed E-state index contributed by atoms with van der Waals surface area (Å²) in [7, 11) is 0. The Labute approximate surface area is 286 Å². The lowest BCUT2D eigenvalue weighted by Gasteiger charge is -2.24. The molecule has 8 nitrogen and oxygen atoms in total. The van der Waals surface area contributed by atoms with Gasteiger partial charge in [-0.25, -0.2) is 0 Å². The van der Waals surface area contributed by atoms with Crippen molar-refractivity contribution in [1.29, 1.82) is 0 Å². The van der Waals surface area contributed by atoms with Crippen molar-refractivity contribution in [2.24, 2.45) is 5.92 Å². The summed E-state index contributed by atoms with van der Waals surface area (Å²) in [4.78, 5) is 28.7. The number of hydrogen-bond acceptors (Lipinski definition) is 9. The summed E-state index contributed by atoms with van der Waals surface area (Å²) in [6.45, 7) is 8.92. The molecular formula is C34H33Cl2N3O5S2. The minimum absolute atomic E-state index is 0.0536. The van der Waals surface area contributed by atoms with Crippen LogP contribution in [-0.4, -0.2) is 40.2 Å². The molecule has 1 unspecified atom stereocenters. The Kier molecular flexibility index (Phi) is 10.9. The molecule has 0 radical (unpaired) electrons. The maximum absolute atomic E-state index is 13.7. The zero-order valence-electron chi connectivity index (χ0n) is 25.8. The molecule has 1 N–H and O–H groups in total. The average molecular weight is 699 g/mol. The quantitative estimate of drug-likeness (QED) is 0.0515.